The Hall–Kier alpha value is -2.85. The van der Waals surface area contributed by atoms with E-state index in [1.807, 2.05) is 82.3 Å². The van der Waals surface area contributed by atoms with Gasteiger partial charge in [0.1, 0.15) is 0 Å². The topological polar surface area (TPSA) is 95.7 Å². The van der Waals surface area contributed by atoms with Crippen molar-refractivity contribution in [3.05, 3.63) is 96.1 Å². The van der Waals surface area contributed by atoms with Crippen LogP contribution in [-0.2, 0) is 35.6 Å². The molecule has 9 heteroatoms. The van der Waals surface area contributed by atoms with Gasteiger partial charge in [0.2, 0.25) is 0 Å². The normalized spacial score (nSPS) is 14.6. The maximum Gasteiger partial charge on any atom is 0.308 e. The average Bonchev–Trinajstić information content (AvgIpc) is 3.02. The molecule has 3 aromatic rings. The number of benzene rings is 3. The van der Waals surface area contributed by atoms with Crippen molar-refractivity contribution >= 4 is 51.7 Å². The number of methoxy groups -OCH3 is 1. The highest BCUT2D eigenvalue weighted by Crippen LogP contribution is 2.37. The minimum absolute atomic E-state index is 0.0394. The van der Waals surface area contributed by atoms with Gasteiger partial charge in [-0.15, -0.1) is 0 Å². The molecule has 3 rings (SSSR count). The van der Waals surface area contributed by atoms with E-state index in [1.54, 1.807) is 0 Å². The smallest absolute Gasteiger partial charge is 0.308 e. The molecule has 0 bridgehead atoms. The van der Waals surface area contributed by atoms with Gasteiger partial charge in [-0.3, -0.25) is 4.79 Å². The summed E-state index contributed by atoms with van der Waals surface area (Å²) in [5, 5.41) is 2.03. The molecule has 2 N–H and O–H groups in total. The largest absolute Gasteiger partial charge is 0.469 e. The van der Waals surface area contributed by atoms with Gasteiger partial charge in [0.15, 0.2) is 9.84 Å². The first kappa shape index (κ1) is 39.6. The van der Waals surface area contributed by atoms with Crippen molar-refractivity contribution < 1.29 is 22.4 Å². The van der Waals surface area contributed by atoms with Crippen LogP contribution in [-0.4, -0.2) is 52.9 Å². The second kappa shape index (κ2) is 16.2. The van der Waals surface area contributed by atoms with Crippen LogP contribution in [0.3, 0.4) is 0 Å². The second-order valence-corrected chi connectivity index (χ2v) is 22.1. The zero-order chi connectivity index (χ0) is 35.8. The number of esters is 1. The van der Waals surface area contributed by atoms with Crippen LogP contribution in [0.2, 0.25) is 5.04 Å². The number of nitrogens with two attached hydrogens (primary N) is 1. The monoisotopic (exact) mass is 709 g/mol. The van der Waals surface area contributed by atoms with Crippen LogP contribution < -0.4 is 16.1 Å². The van der Waals surface area contributed by atoms with Gasteiger partial charge >= 0.3 is 5.97 Å². The molecule has 262 valence electrons. The van der Waals surface area contributed by atoms with Crippen LogP contribution in [0.1, 0.15) is 78.9 Å². The summed E-state index contributed by atoms with van der Waals surface area (Å²) >= 11 is 5.57. The molecule has 0 saturated heterocycles. The Kier molecular flexibility index (Phi) is 13.4. The van der Waals surface area contributed by atoms with Gasteiger partial charge < -0.3 is 14.9 Å². The molecule has 0 aromatic heterocycles. The number of sulfone groups is 1. The Morgan fingerprint density at radius 2 is 1.44 bits per heavy atom. The zero-order valence-corrected chi connectivity index (χ0v) is 32.7. The third kappa shape index (κ3) is 9.86. The molecule has 0 fully saturated rings. The number of hydrogen-bond acceptors (Lipinski definition) is 6. The minimum Gasteiger partial charge on any atom is -0.469 e. The predicted molar refractivity (Wildman–Crippen MR) is 205 cm³/mol. The maximum absolute atomic E-state index is 13.6. The van der Waals surface area contributed by atoms with Crippen molar-refractivity contribution in [1.29, 1.82) is 0 Å². The number of rotatable bonds is 17. The summed E-state index contributed by atoms with van der Waals surface area (Å²) in [4.78, 5) is 12.4. The van der Waals surface area contributed by atoms with E-state index in [-0.39, 0.29) is 35.0 Å². The van der Waals surface area contributed by atoms with Gasteiger partial charge in [-0.05, 0) is 58.1 Å². The lowest BCUT2D eigenvalue weighted by atomic mass is 9.75. The third-order valence-corrected chi connectivity index (χ3v) is 17.0. The predicted octanol–water partition coefficient (Wildman–Crippen LogP) is 6.77. The van der Waals surface area contributed by atoms with Gasteiger partial charge in [-0.25, -0.2) is 8.42 Å². The summed E-state index contributed by atoms with van der Waals surface area (Å²) in [6.07, 6.45) is 2.67. The van der Waals surface area contributed by atoms with Crippen molar-refractivity contribution in [2.24, 2.45) is 17.1 Å². The second-order valence-electron chi connectivity index (χ2n) is 15.1. The van der Waals surface area contributed by atoms with Gasteiger partial charge in [-0.1, -0.05) is 145 Å². The number of carbonyl (C=O) groups is 1. The van der Waals surface area contributed by atoms with Crippen molar-refractivity contribution in [2.45, 2.75) is 84.6 Å². The van der Waals surface area contributed by atoms with Crippen molar-refractivity contribution in [1.82, 2.24) is 0 Å². The van der Waals surface area contributed by atoms with Crippen LogP contribution in [0.25, 0.3) is 0 Å². The van der Waals surface area contributed by atoms with Crippen molar-refractivity contribution in [3.8, 4) is 0 Å². The molecule has 0 unspecified atom stereocenters. The van der Waals surface area contributed by atoms with E-state index in [4.69, 9.17) is 27.1 Å². The van der Waals surface area contributed by atoms with Crippen LogP contribution >= 0.6 is 12.2 Å². The van der Waals surface area contributed by atoms with Gasteiger partial charge in [0.25, 0.3) is 8.32 Å². The standard InChI is InChI=1S/C39H55NO5S2Si/c1-30(35(41)44-8)27-31-17-15-18-32(28-31)39(7,36(40)46)24-16-23-38(5,6)29-47(42,43)26-25-45-48(37(2,3)4,33-19-11-9-12-20-33)34-21-13-10-14-22-34/h9-15,17-22,28,30H,16,23-27,29H2,1-8H3,(H2,40,46)/t30-,39+/m0/s1. The first-order valence-electron chi connectivity index (χ1n) is 16.8. The molecule has 6 nitrogen and oxygen atoms in total. The molecule has 3 aromatic carbocycles. The first-order valence-corrected chi connectivity index (χ1v) is 20.9. The molecule has 0 aliphatic rings. The van der Waals surface area contributed by atoms with Gasteiger partial charge in [-0.2, -0.15) is 0 Å². The Bertz CT molecular complexity index is 1580. The van der Waals surface area contributed by atoms with Gasteiger partial charge in [0, 0.05) is 12.0 Å². The molecule has 0 heterocycles. The summed E-state index contributed by atoms with van der Waals surface area (Å²) in [7, 11) is -4.85. The van der Waals surface area contributed by atoms with Gasteiger partial charge in [0.05, 0.1) is 29.5 Å². The minimum atomic E-state index is -3.42. The van der Waals surface area contributed by atoms with E-state index >= 15 is 0 Å². The van der Waals surface area contributed by atoms with Crippen LogP contribution in [0.4, 0.5) is 0 Å². The number of thiocarbonyl (C=S) groups is 1. The SMILES string of the molecule is COC(=O)[C@@H](C)Cc1cccc([C@@](C)(CCCC(C)(C)CS(=O)(=O)CCO[Si](c2ccccc2)(c2ccccc2)C(C)(C)C)C(N)=S)c1. The summed E-state index contributed by atoms with van der Waals surface area (Å²) in [6, 6.07) is 28.6. The van der Waals surface area contributed by atoms with Crippen LogP contribution in [0, 0.1) is 11.3 Å². The third-order valence-electron chi connectivity index (χ3n) is 9.52. The zero-order valence-electron chi connectivity index (χ0n) is 30.0. The van der Waals surface area contributed by atoms with E-state index in [9.17, 15) is 13.2 Å². The fourth-order valence-electron chi connectivity index (χ4n) is 6.83. The van der Waals surface area contributed by atoms with E-state index in [0.29, 0.717) is 24.3 Å². The summed E-state index contributed by atoms with van der Waals surface area (Å²) in [6.45, 7) is 14.6. The molecule has 0 amide bonds. The first-order chi connectivity index (χ1) is 22.4. The van der Waals surface area contributed by atoms with E-state index in [1.165, 1.54) is 7.11 Å². The van der Waals surface area contributed by atoms with Crippen molar-refractivity contribution in [2.75, 3.05) is 25.2 Å². The van der Waals surface area contributed by atoms with E-state index < -0.39 is 29.0 Å². The molecule has 0 aliphatic carbocycles. The molecule has 0 aliphatic heterocycles. The fraction of sp³-hybridized carbons (Fsp3) is 0.487. The van der Waals surface area contributed by atoms with E-state index in [2.05, 4.69) is 51.1 Å². The molecule has 0 saturated carbocycles. The van der Waals surface area contributed by atoms with Crippen LogP contribution in [0.15, 0.2) is 84.9 Å². The van der Waals surface area contributed by atoms with Crippen molar-refractivity contribution in [3.63, 3.8) is 0 Å². The highest BCUT2D eigenvalue weighted by Gasteiger charge is 2.50. The Morgan fingerprint density at radius 3 is 1.94 bits per heavy atom. The van der Waals surface area contributed by atoms with Crippen LogP contribution in [0.5, 0.6) is 0 Å². The molecule has 0 spiro atoms. The molecule has 0 radical (unpaired) electrons. The Balaban J connectivity index is 1.70. The number of hydrogen-bond donors (Lipinski definition) is 1. The fourth-order valence-corrected chi connectivity index (χ4v) is 13.6. The number of carbonyl (C=O) groups excluding carboxylic acids is 1. The lowest BCUT2D eigenvalue weighted by Crippen LogP contribution is -2.66. The Labute approximate surface area is 295 Å². The Morgan fingerprint density at radius 1 is 0.875 bits per heavy atom. The highest BCUT2D eigenvalue weighted by molar-refractivity contribution is 7.91. The highest BCUT2D eigenvalue weighted by atomic mass is 32.2. The van der Waals surface area contributed by atoms with E-state index in [0.717, 1.165) is 27.9 Å². The molecular weight excluding hydrogens is 655 g/mol. The lowest BCUT2D eigenvalue weighted by Gasteiger charge is -2.43. The molecule has 2 atom stereocenters. The molecular formula is C39H55NO5S2Si. The lowest BCUT2D eigenvalue weighted by molar-refractivity contribution is -0.144. The quantitative estimate of drug-likeness (QED) is 0.0940. The average molecular weight is 710 g/mol. The maximum atomic E-state index is 13.6. The molecule has 48 heavy (non-hydrogen) atoms. The summed E-state index contributed by atoms with van der Waals surface area (Å²) in [5.41, 5.74) is 7.32. The summed E-state index contributed by atoms with van der Waals surface area (Å²) < 4.78 is 39.0. The summed E-state index contributed by atoms with van der Waals surface area (Å²) in [5.74, 6) is -0.487. The number of ether oxygens (including phenoxy) is 1.